The number of hydrogen-bond acceptors (Lipinski definition) is 6. The maximum Gasteiger partial charge on any atom is 0.342 e. The van der Waals surface area contributed by atoms with E-state index in [1.54, 1.807) is 4.90 Å². The van der Waals surface area contributed by atoms with Crippen molar-refractivity contribution in [1.29, 1.82) is 0 Å². The van der Waals surface area contributed by atoms with Gasteiger partial charge in [-0.1, -0.05) is 18.2 Å². The Bertz CT molecular complexity index is 1030. The first-order valence-corrected chi connectivity index (χ1v) is 10.0. The van der Waals surface area contributed by atoms with Crippen molar-refractivity contribution in [3.8, 4) is 5.75 Å². The molecule has 1 atom stereocenters. The van der Waals surface area contributed by atoms with Gasteiger partial charge in [0.1, 0.15) is 11.3 Å². The Labute approximate surface area is 162 Å². The Morgan fingerprint density at radius 1 is 1.21 bits per heavy atom. The van der Waals surface area contributed by atoms with Crippen molar-refractivity contribution in [3.63, 3.8) is 0 Å². The lowest BCUT2D eigenvalue weighted by Gasteiger charge is -2.22. The zero-order valence-electron chi connectivity index (χ0n) is 15.4. The fraction of sp³-hybridized carbons (Fsp3) is 0.263. The third-order valence-corrected chi connectivity index (χ3v) is 5.43. The van der Waals surface area contributed by atoms with Crippen LogP contribution in [0.2, 0.25) is 0 Å². The van der Waals surface area contributed by atoms with Gasteiger partial charge < -0.3 is 14.4 Å². The van der Waals surface area contributed by atoms with Crippen molar-refractivity contribution in [1.82, 2.24) is 0 Å². The number of nitrogens with zero attached hydrogens (tertiary/aromatic N) is 1. The van der Waals surface area contributed by atoms with Crippen LogP contribution in [0, 0.1) is 0 Å². The molecule has 1 heterocycles. The van der Waals surface area contributed by atoms with Gasteiger partial charge in [0.05, 0.1) is 12.0 Å². The Balaban J connectivity index is 1.77. The number of nitrogens with two attached hydrogens (primary N) is 1. The first-order valence-electron chi connectivity index (χ1n) is 8.50. The van der Waals surface area contributed by atoms with Crippen molar-refractivity contribution >= 4 is 27.6 Å². The van der Waals surface area contributed by atoms with Gasteiger partial charge in [0.15, 0.2) is 6.61 Å². The monoisotopic (exact) mass is 404 g/mol. The fourth-order valence-electron chi connectivity index (χ4n) is 3.24. The van der Waals surface area contributed by atoms with Crippen molar-refractivity contribution in [3.05, 3.63) is 53.6 Å². The number of para-hydroxylation sites is 1. The highest BCUT2D eigenvalue weighted by Gasteiger charge is 2.31. The first-order chi connectivity index (χ1) is 13.2. The summed E-state index contributed by atoms with van der Waals surface area (Å²) in [6.45, 7) is 1.43. The van der Waals surface area contributed by atoms with E-state index in [9.17, 15) is 18.0 Å². The predicted molar refractivity (Wildman–Crippen MR) is 102 cm³/mol. The van der Waals surface area contributed by atoms with Crippen LogP contribution in [-0.2, 0) is 26.0 Å². The average Bonchev–Trinajstić information content (AvgIpc) is 3.00. The second-order valence-corrected chi connectivity index (χ2v) is 7.99. The van der Waals surface area contributed by atoms with Crippen LogP contribution < -0.4 is 14.8 Å². The van der Waals surface area contributed by atoms with Gasteiger partial charge in [0, 0.05) is 11.7 Å². The number of rotatable bonds is 5. The lowest BCUT2D eigenvalue weighted by atomic mass is 10.1. The minimum Gasteiger partial charge on any atom is -0.496 e. The summed E-state index contributed by atoms with van der Waals surface area (Å²) < 4.78 is 33.3. The predicted octanol–water partition coefficient (Wildman–Crippen LogP) is 1.48. The highest BCUT2D eigenvalue weighted by atomic mass is 32.2. The SMILES string of the molecule is COc1ccc(S(N)(=O)=O)cc1C(=O)OCC(=O)N1c2ccccc2C[C@@H]1C. The van der Waals surface area contributed by atoms with Gasteiger partial charge in [0.2, 0.25) is 10.0 Å². The van der Waals surface area contributed by atoms with E-state index in [1.165, 1.54) is 19.2 Å². The molecule has 148 valence electrons. The molecule has 9 heteroatoms. The summed E-state index contributed by atoms with van der Waals surface area (Å²) >= 11 is 0. The van der Waals surface area contributed by atoms with Gasteiger partial charge in [-0.25, -0.2) is 18.4 Å². The van der Waals surface area contributed by atoms with Gasteiger partial charge in [-0.05, 0) is 43.2 Å². The maximum atomic E-state index is 12.6. The summed E-state index contributed by atoms with van der Waals surface area (Å²) in [6.07, 6.45) is 0.722. The molecule has 2 aromatic rings. The molecular weight excluding hydrogens is 384 g/mol. The van der Waals surface area contributed by atoms with Gasteiger partial charge in [-0.2, -0.15) is 0 Å². The average molecular weight is 404 g/mol. The molecule has 1 aliphatic rings. The van der Waals surface area contributed by atoms with Crippen LogP contribution in [0.15, 0.2) is 47.4 Å². The van der Waals surface area contributed by atoms with Gasteiger partial charge in [0.25, 0.3) is 5.91 Å². The molecule has 0 bridgehead atoms. The number of benzene rings is 2. The van der Waals surface area contributed by atoms with E-state index in [0.717, 1.165) is 23.7 Å². The molecule has 0 saturated carbocycles. The molecule has 28 heavy (non-hydrogen) atoms. The van der Waals surface area contributed by atoms with Crippen LogP contribution in [0.25, 0.3) is 0 Å². The maximum absolute atomic E-state index is 12.6. The van der Waals surface area contributed by atoms with Crippen LogP contribution >= 0.6 is 0 Å². The number of primary sulfonamides is 1. The summed E-state index contributed by atoms with van der Waals surface area (Å²) in [4.78, 5) is 26.4. The van der Waals surface area contributed by atoms with Crippen molar-refractivity contribution in [2.24, 2.45) is 5.14 Å². The van der Waals surface area contributed by atoms with Crippen LogP contribution in [0.1, 0.15) is 22.8 Å². The summed E-state index contributed by atoms with van der Waals surface area (Å²) in [5.74, 6) is -1.13. The number of esters is 1. The molecule has 0 aliphatic carbocycles. The van der Waals surface area contributed by atoms with Crippen molar-refractivity contribution in [2.45, 2.75) is 24.3 Å². The molecule has 0 spiro atoms. The minimum absolute atomic E-state index is 0.0520. The molecule has 0 fully saturated rings. The lowest BCUT2D eigenvalue weighted by molar-refractivity contribution is -0.122. The third kappa shape index (κ3) is 3.85. The molecule has 0 radical (unpaired) electrons. The molecule has 1 aliphatic heterocycles. The molecular formula is C19H20N2O6S. The third-order valence-electron chi connectivity index (χ3n) is 4.52. The highest BCUT2D eigenvalue weighted by molar-refractivity contribution is 7.89. The Morgan fingerprint density at radius 2 is 1.93 bits per heavy atom. The lowest BCUT2D eigenvalue weighted by Crippen LogP contribution is -2.38. The second kappa shape index (κ2) is 7.61. The molecule has 2 N–H and O–H groups in total. The largest absolute Gasteiger partial charge is 0.496 e. The van der Waals surface area contributed by atoms with E-state index >= 15 is 0 Å². The normalized spacial score (nSPS) is 15.8. The number of amides is 1. The van der Waals surface area contributed by atoms with Crippen LogP contribution in [0.3, 0.4) is 0 Å². The first kappa shape index (κ1) is 19.8. The smallest absolute Gasteiger partial charge is 0.342 e. The van der Waals surface area contributed by atoms with E-state index in [1.807, 2.05) is 31.2 Å². The number of carbonyl (C=O) groups excluding carboxylic acids is 2. The van der Waals surface area contributed by atoms with Crippen LogP contribution in [0.5, 0.6) is 5.75 Å². The summed E-state index contributed by atoms with van der Waals surface area (Å²) in [7, 11) is -2.68. The van der Waals surface area contributed by atoms with Gasteiger partial charge in [-0.3, -0.25) is 4.79 Å². The number of ether oxygens (including phenoxy) is 2. The fourth-order valence-corrected chi connectivity index (χ4v) is 3.78. The van der Waals surface area contributed by atoms with E-state index in [0.29, 0.717) is 0 Å². The molecule has 0 aromatic heterocycles. The summed E-state index contributed by atoms with van der Waals surface area (Å²) in [6, 6.07) is 11.1. The minimum atomic E-state index is -4.01. The molecule has 2 aromatic carbocycles. The summed E-state index contributed by atoms with van der Waals surface area (Å²) in [5, 5.41) is 5.10. The Kier molecular flexibility index (Phi) is 5.39. The topological polar surface area (TPSA) is 116 Å². The number of carbonyl (C=O) groups is 2. The van der Waals surface area contributed by atoms with E-state index in [4.69, 9.17) is 14.6 Å². The molecule has 8 nitrogen and oxygen atoms in total. The Morgan fingerprint density at radius 3 is 2.61 bits per heavy atom. The van der Waals surface area contributed by atoms with Crippen LogP contribution in [-0.4, -0.2) is 40.1 Å². The highest BCUT2D eigenvalue weighted by Crippen LogP contribution is 2.32. The standard InChI is InChI=1S/C19H20N2O6S/c1-12-9-13-5-3-4-6-16(13)21(12)18(22)11-27-19(23)15-10-14(28(20,24)25)7-8-17(15)26-2/h3-8,10,12H,9,11H2,1-2H3,(H2,20,24,25)/t12-/m0/s1. The van der Waals surface area contributed by atoms with Crippen molar-refractivity contribution in [2.75, 3.05) is 18.6 Å². The molecule has 0 unspecified atom stereocenters. The van der Waals surface area contributed by atoms with Crippen LogP contribution in [0.4, 0.5) is 5.69 Å². The second-order valence-electron chi connectivity index (χ2n) is 6.43. The number of methoxy groups -OCH3 is 1. The molecule has 1 amide bonds. The quantitative estimate of drug-likeness (QED) is 0.755. The van der Waals surface area contributed by atoms with Gasteiger partial charge in [-0.15, -0.1) is 0 Å². The summed E-state index contributed by atoms with van der Waals surface area (Å²) in [5.41, 5.74) is 1.72. The zero-order chi connectivity index (χ0) is 20.5. The number of anilines is 1. The van der Waals surface area contributed by atoms with E-state index in [2.05, 4.69) is 0 Å². The molecule has 3 rings (SSSR count). The number of hydrogen-bond donors (Lipinski definition) is 1. The molecule has 0 saturated heterocycles. The zero-order valence-corrected chi connectivity index (χ0v) is 16.2. The number of fused-ring (bicyclic) bond motifs is 1. The van der Waals surface area contributed by atoms with E-state index < -0.39 is 22.6 Å². The van der Waals surface area contributed by atoms with Gasteiger partial charge >= 0.3 is 5.97 Å². The Hall–Kier alpha value is -2.91. The number of sulfonamides is 1. The van der Waals surface area contributed by atoms with E-state index in [-0.39, 0.29) is 28.2 Å². The van der Waals surface area contributed by atoms with Crippen molar-refractivity contribution < 1.29 is 27.5 Å².